The molecule has 2 heterocycles. The lowest BCUT2D eigenvalue weighted by atomic mass is 9.65. The number of rotatable bonds is 9. The van der Waals surface area contributed by atoms with Gasteiger partial charge in [-0.05, 0) is 115 Å². The van der Waals surface area contributed by atoms with Crippen molar-refractivity contribution >= 4 is 28.2 Å². The van der Waals surface area contributed by atoms with Crippen LogP contribution in [0.1, 0.15) is 85.2 Å². The van der Waals surface area contributed by atoms with E-state index in [0.29, 0.717) is 37.4 Å². The maximum absolute atomic E-state index is 14.4. The zero-order valence-electron chi connectivity index (χ0n) is 31.2. The summed E-state index contributed by atoms with van der Waals surface area (Å²) in [7, 11) is 1.53. The van der Waals surface area contributed by atoms with Crippen LogP contribution in [0.4, 0.5) is 0 Å². The number of carbonyl (C=O) groups excluding carboxylic acids is 2. The van der Waals surface area contributed by atoms with Gasteiger partial charge in [0, 0.05) is 42.3 Å². The summed E-state index contributed by atoms with van der Waals surface area (Å²) in [5, 5.41) is 41.7. The molecule has 3 aromatic carbocycles. The number of ether oxygens (including phenoxy) is 3. The largest absolute Gasteiger partial charge is 0.504 e. The molecule has 0 saturated heterocycles. The van der Waals surface area contributed by atoms with E-state index in [0.717, 1.165) is 63.7 Å². The fourth-order valence-electron chi connectivity index (χ4n) is 8.96. The van der Waals surface area contributed by atoms with E-state index in [9.17, 15) is 30.0 Å². The molecule has 3 aliphatic rings. The molecular weight excluding hydrogens is 698 g/mol. The zero-order valence-corrected chi connectivity index (χ0v) is 31.2. The number of aryl methyl sites for hydroxylation is 1. The fraction of sp³-hybridized carbons (Fsp3) is 0.422. The Morgan fingerprint density at radius 1 is 0.909 bits per heavy atom. The Morgan fingerprint density at radius 2 is 1.75 bits per heavy atom. The van der Waals surface area contributed by atoms with Crippen LogP contribution in [-0.2, 0) is 27.2 Å². The van der Waals surface area contributed by atoms with Crippen LogP contribution in [0.5, 0.6) is 23.0 Å². The number of hydrogen-bond acceptors (Lipinski definition) is 9. The van der Waals surface area contributed by atoms with E-state index in [2.05, 4.69) is 29.0 Å². The number of aromatic nitrogens is 1. The van der Waals surface area contributed by atoms with Crippen molar-refractivity contribution in [3.63, 3.8) is 0 Å². The van der Waals surface area contributed by atoms with Crippen LogP contribution in [0.25, 0.3) is 16.5 Å². The number of carbonyl (C=O) groups is 2. The van der Waals surface area contributed by atoms with Crippen molar-refractivity contribution in [2.45, 2.75) is 76.2 Å². The number of para-hydroxylation sites is 1. The number of hydrogen-bond donors (Lipinski definition) is 5. The summed E-state index contributed by atoms with van der Waals surface area (Å²) in [6.45, 7) is -0.0620. The number of cyclic esters (lactones) is 1. The fourth-order valence-corrected chi connectivity index (χ4v) is 8.96. The van der Waals surface area contributed by atoms with Crippen molar-refractivity contribution in [3.8, 4) is 34.8 Å². The zero-order chi connectivity index (χ0) is 38.5. The van der Waals surface area contributed by atoms with Gasteiger partial charge in [0.2, 0.25) is 0 Å². The standard InChI is InChI=1S/C45H49NO9/c1-53-42-26-37-35-24-30(49)23-31(14-11-27-12-15-40(50)43(21-27)54-19-18-48)55-44(52)9-5-3-7-33-32-6-2-4-8-39(32)46-45(33)38(36(37)25-41(42)51)22-29-13-10-28(16-17-47)20-34(29)35/h2,4,6,8,12,15,21-22,25-26,28-29,31,34-35,46-48,50-51H,7,9-11,13-14,16-20,23-24H2,1H3. The molecule has 288 valence electrons. The van der Waals surface area contributed by atoms with Crippen LogP contribution in [0.3, 0.4) is 0 Å². The number of phenolic OH excluding ortho intramolecular Hbond substituents is 2. The lowest BCUT2D eigenvalue weighted by Gasteiger charge is -2.39. The topological polar surface area (TPSA) is 159 Å². The minimum absolute atomic E-state index is 0.0100. The second-order valence-corrected chi connectivity index (χ2v) is 15.0. The molecule has 1 aliphatic heterocycles. The molecular formula is C45H49NO9. The molecule has 1 aromatic heterocycles. The third-order valence-corrected chi connectivity index (χ3v) is 11.6. The normalized spacial score (nSPS) is 22.7. The van der Waals surface area contributed by atoms with E-state index in [-0.39, 0.29) is 79.9 Å². The summed E-state index contributed by atoms with van der Waals surface area (Å²) in [5.41, 5.74) is 6.37. The SMILES string of the molecule is COc1cc2c(cc1O)C1=CC3CCC(CCO)CC3C2CC(=O)CC(CCc2ccc(O)c(OCCO)c2)OC(=O)CC#CCc2c1[nH]c1ccccc21. The maximum Gasteiger partial charge on any atom is 0.318 e. The van der Waals surface area contributed by atoms with Crippen molar-refractivity contribution < 1.29 is 44.2 Å². The minimum atomic E-state index is -0.719. The van der Waals surface area contributed by atoms with Gasteiger partial charge in [-0.3, -0.25) is 9.59 Å². The number of fused-ring (bicyclic) bond motifs is 6. The number of H-pyrrole nitrogens is 1. The van der Waals surface area contributed by atoms with Gasteiger partial charge in [0.25, 0.3) is 0 Å². The number of aromatic amines is 1. The summed E-state index contributed by atoms with van der Waals surface area (Å²) in [6.07, 6.45) is 6.25. The quantitative estimate of drug-likeness (QED) is 0.0923. The number of ketones is 1. The van der Waals surface area contributed by atoms with E-state index in [1.165, 1.54) is 13.2 Å². The summed E-state index contributed by atoms with van der Waals surface area (Å²) in [6, 6.07) is 16.7. The summed E-state index contributed by atoms with van der Waals surface area (Å²) >= 11 is 0. The van der Waals surface area contributed by atoms with E-state index in [1.807, 2.05) is 24.3 Å². The third-order valence-electron chi connectivity index (χ3n) is 11.6. The van der Waals surface area contributed by atoms with Crippen LogP contribution >= 0.6 is 0 Å². The first-order valence-corrected chi connectivity index (χ1v) is 19.3. The number of aliphatic hydroxyl groups excluding tert-OH is 2. The summed E-state index contributed by atoms with van der Waals surface area (Å²) < 4.78 is 17.2. The van der Waals surface area contributed by atoms with Crippen LogP contribution in [0.2, 0.25) is 0 Å². The van der Waals surface area contributed by atoms with Crippen LogP contribution in [0.15, 0.2) is 60.7 Å². The van der Waals surface area contributed by atoms with Gasteiger partial charge in [0.15, 0.2) is 23.0 Å². The number of benzene rings is 3. The Kier molecular flexibility index (Phi) is 11.8. The first kappa shape index (κ1) is 38.1. The third kappa shape index (κ3) is 8.38. The predicted octanol–water partition coefficient (Wildman–Crippen LogP) is 6.75. The number of Topliss-reactive ketones (excluding diaryl/α,β-unsaturated/α-hetero) is 1. The number of allylic oxidation sites excluding steroid dienone is 1. The van der Waals surface area contributed by atoms with Gasteiger partial charge in [-0.1, -0.05) is 42.2 Å². The molecule has 10 nitrogen and oxygen atoms in total. The van der Waals surface area contributed by atoms with Crippen molar-refractivity contribution in [2.75, 3.05) is 26.9 Å². The van der Waals surface area contributed by atoms with Crippen LogP contribution in [0, 0.1) is 29.6 Å². The minimum Gasteiger partial charge on any atom is -0.504 e. The monoisotopic (exact) mass is 747 g/mol. The van der Waals surface area contributed by atoms with Gasteiger partial charge < -0.3 is 39.6 Å². The first-order valence-electron chi connectivity index (χ1n) is 19.3. The van der Waals surface area contributed by atoms with E-state index in [1.54, 1.807) is 18.2 Å². The highest BCUT2D eigenvalue weighted by Crippen LogP contribution is 2.53. The lowest BCUT2D eigenvalue weighted by Crippen LogP contribution is -2.31. The van der Waals surface area contributed by atoms with E-state index < -0.39 is 12.1 Å². The van der Waals surface area contributed by atoms with Gasteiger partial charge in [0.05, 0.1) is 19.4 Å². The highest BCUT2D eigenvalue weighted by atomic mass is 16.5. The number of nitrogens with one attached hydrogen (secondary N) is 1. The summed E-state index contributed by atoms with van der Waals surface area (Å²) in [4.78, 5) is 31.4. The molecule has 1 fully saturated rings. The van der Waals surface area contributed by atoms with Gasteiger partial charge in [-0.2, -0.15) is 0 Å². The Labute approximate surface area is 321 Å². The molecule has 0 spiro atoms. The first-order chi connectivity index (χ1) is 26.8. The van der Waals surface area contributed by atoms with Gasteiger partial charge in [0.1, 0.15) is 24.9 Å². The average molecular weight is 748 g/mol. The van der Waals surface area contributed by atoms with Crippen molar-refractivity contribution in [3.05, 3.63) is 88.6 Å². The molecule has 0 amide bonds. The Balaban J connectivity index is 1.32. The number of aromatic hydroxyl groups is 2. The highest BCUT2D eigenvalue weighted by Gasteiger charge is 2.41. The number of esters is 1. The van der Waals surface area contributed by atoms with Gasteiger partial charge in [-0.15, -0.1) is 0 Å². The Bertz CT molecular complexity index is 2140. The average Bonchev–Trinajstić information content (AvgIpc) is 3.49. The Morgan fingerprint density at radius 3 is 2.56 bits per heavy atom. The predicted molar refractivity (Wildman–Crippen MR) is 208 cm³/mol. The molecule has 10 heteroatoms. The number of aliphatic hydroxyl groups is 2. The maximum atomic E-state index is 14.4. The molecule has 1 saturated carbocycles. The van der Waals surface area contributed by atoms with Crippen molar-refractivity contribution in [1.29, 1.82) is 0 Å². The molecule has 0 radical (unpaired) electrons. The Hall–Kier alpha value is -5.24. The van der Waals surface area contributed by atoms with Crippen LogP contribution in [-0.4, -0.2) is 70.2 Å². The van der Waals surface area contributed by atoms with Crippen LogP contribution < -0.4 is 9.47 Å². The molecule has 55 heavy (non-hydrogen) atoms. The van der Waals surface area contributed by atoms with Gasteiger partial charge >= 0.3 is 5.97 Å². The smallest absolute Gasteiger partial charge is 0.318 e. The van der Waals surface area contributed by atoms with Gasteiger partial charge in [-0.25, -0.2) is 0 Å². The lowest BCUT2D eigenvalue weighted by molar-refractivity contribution is -0.149. The molecule has 5 atom stereocenters. The van der Waals surface area contributed by atoms with Crippen molar-refractivity contribution in [1.82, 2.24) is 4.98 Å². The summed E-state index contributed by atoms with van der Waals surface area (Å²) in [5.74, 6) is 6.51. The molecule has 5 N–H and O–H groups in total. The molecule has 4 aromatic rings. The number of methoxy groups -OCH3 is 1. The van der Waals surface area contributed by atoms with E-state index >= 15 is 0 Å². The second kappa shape index (κ2) is 17.1. The molecule has 7 rings (SSSR count). The van der Waals surface area contributed by atoms with Crippen molar-refractivity contribution in [2.24, 2.45) is 17.8 Å². The molecule has 5 unspecified atom stereocenters. The molecule has 2 aliphatic carbocycles. The number of phenols is 2. The highest BCUT2D eigenvalue weighted by molar-refractivity contribution is 5.94. The van der Waals surface area contributed by atoms with E-state index in [4.69, 9.17) is 14.2 Å². The second-order valence-electron chi connectivity index (χ2n) is 15.0. The molecule has 2 bridgehead atoms.